The Hall–Kier alpha value is -1.46. The molecule has 1 aromatic rings. The lowest BCUT2D eigenvalue weighted by atomic mass is 10.3. The molecule has 5 nitrogen and oxygen atoms in total. The second-order valence-electron chi connectivity index (χ2n) is 2.45. The maximum absolute atomic E-state index is 9.27. The van der Waals surface area contributed by atoms with Gasteiger partial charge >= 0.3 is 0 Å². The van der Waals surface area contributed by atoms with Crippen LogP contribution in [-0.2, 0) is 4.84 Å². The fourth-order valence-corrected chi connectivity index (χ4v) is 0.810. The summed E-state index contributed by atoms with van der Waals surface area (Å²) in [6.45, 7) is 0.0598. The van der Waals surface area contributed by atoms with Crippen molar-refractivity contribution in [1.82, 2.24) is 0 Å². The van der Waals surface area contributed by atoms with E-state index in [1.165, 1.54) is 12.1 Å². The van der Waals surface area contributed by atoms with Gasteiger partial charge in [-0.3, -0.25) is 10.3 Å². The molecule has 0 spiro atoms. The van der Waals surface area contributed by atoms with Crippen molar-refractivity contribution in [2.75, 3.05) is 24.4 Å². The van der Waals surface area contributed by atoms with Crippen LogP contribution in [0, 0.1) is 0 Å². The minimum atomic E-state index is -0.0872. The predicted octanol–water partition coefficient (Wildman–Crippen LogP) is 0.310. The van der Waals surface area contributed by atoms with Gasteiger partial charge in [0, 0.05) is 5.69 Å². The largest absolute Gasteiger partial charge is 0.506 e. The molecule has 0 aromatic heterocycles. The molecule has 72 valence electrons. The first-order valence-electron chi connectivity index (χ1n) is 3.81. The van der Waals surface area contributed by atoms with Gasteiger partial charge in [0.1, 0.15) is 11.4 Å². The average molecular weight is 184 g/mol. The number of nitrogens with two attached hydrogens (primary N) is 1. The smallest absolute Gasteiger partial charge is 0.141 e. The van der Waals surface area contributed by atoms with Crippen molar-refractivity contribution >= 4 is 11.4 Å². The van der Waals surface area contributed by atoms with Crippen molar-refractivity contribution in [2.24, 2.45) is 0 Å². The van der Waals surface area contributed by atoms with E-state index in [0.717, 1.165) is 0 Å². The van der Waals surface area contributed by atoms with Gasteiger partial charge < -0.3 is 15.9 Å². The van der Waals surface area contributed by atoms with Gasteiger partial charge in [-0.05, 0) is 18.2 Å². The van der Waals surface area contributed by atoms with E-state index in [9.17, 15) is 5.11 Å². The van der Waals surface area contributed by atoms with Gasteiger partial charge in [0.05, 0.1) is 13.2 Å². The van der Waals surface area contributed by atoms with Crippen molar-refractivity contribution in [3.63, 3.8) is 0 Å². The van der Waals surface area contributed by atoms with Crippen molar-refractivity contribution in [3.05, 3.63) is 18.2 Å². The van der Waals surface area contributed by atoms with Crippen molar-refractivity contribution in [3.8, 4) is 5.75 Å². The zero-order chi connectivity index (χ0) is 9.68. The Bertz CT molecular complexity index is 278. The van der Waals surface area contributed by atoms with Crippen LogP contribution in [0.4, 0.5) is 11.4 Å². The summed E-state index contributed by atoms with van der Waals surface area (Å²) < 4.78 is 0. The first-order valence-corrected chi connectivity index (χ1v) is 3.81. The summed E-state index contributed by atoms with van der Waals surface area (Å²) in [5.74, 6) is 0.0483. The Kier molecular flexibility index (Phi) is 3.36. The third-order valence-electron chi connectivity index (χ3n) is 1.40. The number of phenols is 1. The summed E-state index contributed by atoms with van der Waals surface area (Å²) in [5.41, 5.74) is 8.84. The molecule has 0 saturated carbocycles. The van der Waals surface area contributed by atoms with E-state index >= 15 is 0 Å². The van der Waals surface area contributed by atoms with E-state index in [4.69, 9.17) is 15.7 Å². The number of hydrogen-bond acceptors (Lipinski definition) is 5. The highest BCUT2D eigenvalue weighted by Crippen LogP contribution is 2.24. The molecule has 5 N–H and O–H groups in total. The molecule has 0 atom stereocenters. The lowest BCUT2D eigenvalue weighted by Crippen LogP contribution is -2.06. The monoisotopic (exact) mass is 184 g/mol. The minimum Gasteiger partial charge on any atom is -0.506 e. The van der Waals surface area contributed by atoms with Gasteiger partial charge in [-0.2, -0.15) is 0 Å². The van der Waals surface area contributed by atoms with Gasteiger partial charge in [-0.15, -0.1) is 0 Å². The van der Waals surface area contributed by atoms with Crippen LogP contribution in [0.3, 0.4) is 0 Å². The summed E-state index contributed by atoms with van der Waals surface area (Å²) in [6.07, 6.45) is 0. The first-order chi connectivity index (χ1) is 6.24. The van der Waals surface area contributed by atoms with Crippen LogP contribution < -0.4 is 11.2 Å². The Morgan fingerprint density at radius 1 is 1.46 bits per heavy atom. The molecule has 1 rings (SSSR count). The molecular weight excluding hydrogens is 172 g/mol. The topological polar surface area (TPSA) is 87.7 Å². The number of nitrogen functional groups attached to an aromatic ring is 1. The fourth-order valence-electron chi connectivity index (χ4n) is 0.810. The van der Waals surface area contributed by atoms with Crippen LogP contribution in [-0.4, -0.2) is 23.4 Å². The highest BCUT2D eigenvalue weighted by Gasteiger charge is 1.99. The summed E-state index contributed by atoms with van der Waals surface area (Å²) in [7, 11) is 0. The lowest BCUT2D eigenvalue weighted by Gasteiger charge is -2.07. The number of phenolic OH excluding ortho intramolecular Hbond substituents is 1. The molecule has 0 aliphatic heterocycles. The van der Waals surface area contributed by atoms with Gasteiger partial charge in [-0.1, -0.05) is 0 Å². The van der Waals surface area contributed by atoms with Crippen LogP contribution in [0.25, 0.3) is 0 Å². The molecule has 0 unspecified atom stereocenters. The van der Waals surface area contributed by atoms with Crippen LogP contribution in [0.15, 0.2) is 18.2 Å². The Balaban J connectivity index is 2.59. The highest BCUT2D eigenvalue weighted by molar-refractivity contribution is 5.61. The van der Waals surface area contributed by atoms with Crippen molar-refractivity contribution < 1.29 is 15.1 Å². The molecule has 0 fully saturated rings. The molecule has 13 heavy (non-hydrogen) atoms. The number of hydrogen-bond donors (Lipinski definition) is 4. The van der Waals surface area contributed by atoms with E-state index in [2.05, 4.69) is 5.48 Å². The van der Waals surface area contributed by atoms with E-state index in [1.54, 1.807) is 6.07 Å². The molecule has 0 aliphatic carbocycles. The quantitative estimate of drug-likeness (QED) is 0.178. The van der Waals surface area contributed by atoms with Crippen molar-refractivity contribution in [2.45, 2.75) is 0 Å². The van der Waals surface area contributed by atoms with Gasteiger partial charge in [-0.25, -0.2) is 0 Å². The minimum absolute atomic E-state index is 0.0483. The number of benzene rings is 1. The average Bonchev–Trinajstić information content (AvgIpc) is 2.11. The third kappa shape index (κ3) is 2.81. The highest BCUT2D eigenvalue weighted by atomic mass is 16.6. The third-order valence-corrected chi connectivity index (χ3v) is 1.40. The zero-order valence-electron chi connectivity index (χ0n) is 7.03. The Morgan fingerprint density at radius 2 is 2.23 bits per heavy atom. The van der Waals surface area contributed by atoms with E-state index in [1.807, 2.05) is 0 Å². The predicted molar refractivity (Wildman–Crippen MR) is 49.2 cm³/mol. The second-order valence-corrected chi connectivity index (χ2v) is 2.45. The lowest BCUT2D eigenvalue weighted by molar-refractivity contribution is 0.132. The van der Waals surface area contributed by atoms with Crippen LogP contribution in [0.5, 0.6) is 5.75 Å². The van der Waals surface area contributed by atoms with E-state index in [0.29, 0.717) is 11.4 Å². The molecule has 0 amide bonds. The van der Waals surface area contributed by atoms with Crippen LogP contribution >= 0.6 is 0 Å². The molecule has 5 heteroatoms. The molecule has 0 aliphatic rings. The summed E-state index contributed by atoms with van der Waals surface area (Å²) >= 11 is 0. The number of aromatic hydroxyl groups is 1. The molecule has 0 radical (unpaired) electrons. The van der Waals surface area contributed by atoms with Gasteiger partial charge in [0.15, 0.2) is 0 Å². The molecule has 0 saturated heterocycles. The molecule has 0 bridgehead atoms. The second kappa shape index (κ2) is 4.54. The Labute approximate surface area is 75.7 Å². The van der Waals surface area contributed by atoms with Crippen LogP contribution in [0.2, 0.25) is 0 Å². The SMILES string of the molecule is Nc1ccc(O)c(NOCCO)c1. The standard InChI is InChI=1S/C8H12N2O3/c9-6-1-2-8(12)7(5-6)10-13-4-3-11/h1-2,5,10-12H,3-4,9H2. The van der Waals surface area contributed by atoms with Crippen LogP contribution in [0.1, 0.15) is 0 Å². The summed E-state index contributed by atoms with van der Waals surface area (Å²) in [6, 6.07) is 4.57. The van der Waals surface area contributed by atoms with Gasteiger partial charge in [0.25, 0.3) is 0 Å². The number of aliphatic hydroxyl groups excluding tert-OH is 1. The number of rotatable bonds is 4. The Morgan fingerprint density at radius 3 is 2.92 bits per heavy atom. The number of anilines is 2. The maximum atomic E-state index is 9.27. The fraction of sp³-hybridized carbons (Fsp3) is 0.250. The summed E-state index contributed by atoms with van der Waals surface area (Å²) in [4.78, 5) is 4.79. The number of nitrogens with one attached hydrogen (secondary N) is 1. The first kappa shape index (κ1) is 9.63. The molecule has 1 aromatic carbocycles. The van der Waals surface area contributed by atoms with Gasteiger partial charge in [0.2, 0.25) is 0 Å². The normalized spacial score (nSPS) is 9.92. The van der Waals surface area contributed by atoms with E-state index < -0.39 is 0 Å². The van der Waals surface area contributed by atoms with Crippen molar-refractivity contribution in [1.29, 1.82) is 0 Å². The summed E-state index contributed by atoms with van der Waals surface area (Å²) in [5, 5.41) is 17.7. The number of aliphatic hydroxyl groups is 1. The molecule has 0 heterocycles. The zero-order valence-corrected chi connectivity index (χ0v) is 7.03. The maximum Gasteiger partial charge on any atom is 0.141 e. The van der Waals surface area contributed by atoms with E-state index in [-0.39, 0.29) is 19.0 Å². The molecular formula is C8H12N2O3.